The number of benzene rings is 2. The van der Waals surface area contributed by atoms with Crippen LogP contribution in [0.15, 0.2) is 54.6 Å². The topological polar surface area (TPSA) is 0 Å². The second-order valence-electron chi connectivity index (χ2n) is 3.69. The fourth-order valence-corrected chi connectivity index (χ4v) is 2.28. The van der Waals surface area contributed by atoms with Crippen LogP contribution in [-0.2, 0) is 0 Å². The number of hydrogen-bond acceptors (Lipinski definition) is 0. The molecule has 1 atom stereocenters. The van der Waals surface area contributed by atoms with E-state index in [1.165, 1.54) is 14.7 Å². The van der Waals surface area contributed by atoms with Crippen LogP contribution in [0.2, 0.25) is 0 Å². The van der Waals surface area contributed by atoms with Gasteiger partial charge >= 0.3 is 0 Å². The lowest BCUT2D eigenvalue weighted by Gasteiger charge is -2.12. The molecular formula is C14H13I. The summed E-state index contributed by atoms with van der Waals surface area (Å²) in [6, 6.07) is 19.3. The Labute approximate surface area is 104 Å². The minimum Gasteiger partial charge on any atom is -0.0622 e. The summed E-state index contributed by atoms with van der Waals surface area (Å²) in [6.07, 6.45) is 0. The van der Waals surface area contributed by atoms with E-state index in [-0.39, 0.29) is 0 Å². The van der Waals surface area contributed by atoms with Gasteiger partial charge < -0.3 is 0 Å². The fourth-order valence-electron chi connectivity index (χ4n) is 1.71. The fraction of sp³-hybridized carbons (Fsp3) is 0.143. The molecule has 2 aromatic rings. The Morgan fingerprint density at radius 1 is 0.867 bits per heavy atom. The molecule has 1 heteroatoms. The predicted octanol–water partition coefficient (Wildman–Crippen LogP) is 4.44. The number of rotatable bonds is 2. The van der Waals surface area contributed by atoms with E-state index in [4.69, 9.17) is 0 Å². The molecule has 0 radical (unpaired) electrons. The van der Waals surface area contributed by atoms with Crippen LogP contribution in [0.3, 0.4) is 0 Å². The third-order valence-electron chi connectivity index (χ3n) is 2.65. The van der Waals surface area contributed by atoms with Gasteiger partial charge in [0.05, 0.1) is 0 Å². The van der Waals surface area contributed by atoms with Crippen molar-refractivity contribution < 1.29 is 0 Å². The normalized spacial score (nSPS) is 12.4. The highest BCUT2D eigenvalue weighted by molar-refractivity contribution is 14.1. The molecule has 0 saturated carbocycles. The van der Waals surface area contributed by atoms with Gasteiger partial charge in [-0.05, 0) is 45.9 Å². The van der Waals surface area contributed by atoms with E-state index in [0.717, 1.165) is 0 Å². The largest absolute Gasteiger partial charge is 0.0622 e. The van der Waals surface area contributed by atoms with Gasteiger partial charge in [0.2, 0.25) is 0 Å². The Kier molecular flexibility index (Phi) is 3.41. The first-order valence-corrected chi connectivity index (χ1v) is 6.15. The van der Waals surface area contributed by atoms with Gasteiger partial charge in [-0.25, -0.2) is 0 Å². The molecule has 2 rings (SSSR count). The van der Waals surface area contributed by atoms with Crippen LogP contribution in [0.5, 0.6) is 0 Å². The van der Waals surface area contributed by atoms with Gasteiger partial charge in [-0.3, -0.25) is 0 Å². The zero-order chi connectivity index (χ0) is 10.7. The maximum absolute atomic E-state index is 2.36. The van der Waals surface area contributed by atoms with Gasteiger partial charge in [-0.15, -0.1) is 0 Å². The molecular weight excluding hydrogens is 295 g/mol. The molecule has 0 bridgehead atoms. The lowest BCUT2D eigenvalue weighted by atomic mass is 9.93. The molecule has 0 aliphatic heterocycles. The highest BCUT2D eigenvalue weighted by atomic mass is 127. The van der Waals surface area contributed by atoms with Gasteiger partial charge in [-0.2, -0.15) is 0 Å². The first-order chi connectivity index (χ1) is 7.27. The maximum atomic E-state index is 2.36. The van der Waals surface area contributed by atoms with Crippen LogP contribution >= 0.6 is 22.6 Å². The Morgan fingerprint density at radius 2 is 1.53 bits per heavy atom. The van der Waals surface area contributed by atoms with Crippen molar-refractivity contribution in [3.63, 3.8) is 0 Å². The summed E-state index contributed by atoms with van der Waals surface area (Å²) in [6.45, 7) is 2.25. The van der Waals surface area contributed by atoms with Gasteiger partial charge in [-0.1, -0.05) is 49.4 Å². The summed E-state index contributed by atoms with van der Waals surface area (Å²) in [5.41, 5.74) is 2.76. The van der Waals surface area contributed by atoms with Crippen LogP contribution < -0.4 is 0 Å². The first-order valence-electron chi connectivity index (χ1n) is 5.08. The van der Waals surface area contributed by atoms with Gasteiger partial charge in [0.15, 0.2) is 0 Å². The molecule has 2 aromatic carbocycles. The van der Waals surface area contributed by atoms with E-state index in [9.17, 15) is 0 Å². The van der Waals surface area contributed by atoms with Gasteiger partial charge in [0.1, 0.15) is 0 Å². The third-order valence-corrected chi connectivity index (χ3v) is 3.32. The number of hydrogen-bond donors (Lipinski definition) is 0. The standard InChI is InChI=1S/C14H13I/c1-11(12-6-3-2-4-7-12)13-8-5-9-14(15)10-13/h2-11H,1H3. The molecule has 0 spiro atoms. The summed E-state index contributed by atoms with van der Waals surface area (Å²) in [5, 5.41) is 0. The lowest BCUT2D eigenvalue weighted by molar-refractivity contribution is 0.921. The van der Waals surface area contributed by atoms with E-state index in [2.05, 4.69) is 84.1 Å². The molecule has 0 N–H and O–H groups in total. The average Bonchev–Trinajstić information content (AvgIpc) is 2.29. The van der Waals surface area contributed by atoms with Crippen molar-refractivity contribution in [3.05, 3.63) is 69.3 Å². The SMILES string of the molecule is CC(c1ccccc1)c1cccc(I)c1. The zero-order valence-electron chi connectivity index (χ0n) is 8.65. The molecule has 0 fully saturated rings. The van der Waals surface area contributed by atoms with Crippen LogP contribution in [0.4, 0.5) is 0 Å². The minimum atomic E-state index is 0.473. The molecule has 76 valence electrons. The Morgan fingerprint density at radius 3 is 2.20 bits per heavy atom. The van der Waals surface area contributed by atoms with E-state index in [0.29, 0.717) is 5.92 Å². The Balaban J connectivity index is 2.32. The average molecular weight is 308 g/mol. The summed E-state index contributed by atoms with van der Waals surface area (Å²) in [4.78, 5) is 0. The number of halogens is 1. The monoisotopic (exact) mass is 308 g/mol. The molecule has 0 aromatic heterocycles. The summed E-state index contributed by atoms with van der Waals surface area (Å²) in [5.74, 6) is 0.473. The molecule has 0 heterocycles. The van der Waals surface area contributed by atoms with Crippen molar-refractivity contribution in [3.8, 4) is 0 Å². The van der Waals surface area contributed by atoms with Crippen molar-refractivity contribution in [1.82, 2.24) is 0 Å². The smallest absolute Gasteiger partial charge is 0.0133 e. The molecule has 0 nitrogen and oxygen atoms in total. The second kappa shape index (κ2) is 4.79. The lowest BCUT2D eigenvalue weighted by Crippen LogP contribution is -1.95. The quantitative estimate of drug-likeness (QED) is 0.719. The second-order valence-corrected chi connectivity index (χ2v) is 4.93. The predicted molar refractivity (Wildman–Crippen MR) is 73.1 cm³/mol. The summed E-state index contributed by atoms with van der Waals surface area (Å²) in [7, 11) is 0. The molecule has 0 amide bonds. The van der Waals surface area contributed by atoms with E-state index in [1.54, 1.807) is 0 Å². The molecule has 15 heavy (non-hydrogen) atoms. The summed E-state index contributed by atoms with van der Waals surface area (Å²) < 4.78 is 1.30. The highest BCUT2D eigenvalue weighted by Gasteiger charge is 2.07. The first kappa shape index (κ1) is 10.7. The molecule has 1 unspecified atom stereocenters. The van der Waals surface area contributed by atoms with Crippen molar-refractivity contribution >= 4 is 22.6 Å². The van der Waals surface area contributed by atoms with E-state index >= 15 is 0 Å². The van der Waals surface area contributed by atoms with Crippen LogP contribution in [-0.4, -0.2) is 0 Å². The van der Waals surface area contributed by atoms with Crippen LogP contribution in [0, 0.1) is 3.57 Å². The maximum Gasteiger partial charge on any atom is 0.0133 e. The van der Waals surface area contributed by atoms with Gasteiger partial charge in [0.25, 0.3) is 0 Å². The van der Waals surface area contributed by atoms with Crippen LogP contribution in [0.1, 0.15) is 24.0 Å². The zero-order valence-corrected chi connectivity index (χ0v) is 10.8. The van der Waals surface area contributed by atoms with E-state index < -0.39 is 0 Å². The molecule has 0 aliphatic carbocycles. The molecule has 0 aliphatic rings. The molecule has 0 saturated heterocycles. The third kappa shape index (κ3) is 2.59. The van der Waals surface area contributed by atoms with Crippen LogP contribution in [0.25, 0.3) is 0 Å². The van der Waals surface area contributed by atoms with Gasteiger partial charge in [0, 0.05) is 9.49 Å². The Bertz CT molecular complexity index is 434. The Hall–Kier alpha value is -0.830. The van der Waals surface area contributed by atoms with Crippen molar-refractivity contribution in [2.75, 3.05) is 0 Å². The summed E-state index contributed by atoms with van der Waals surface area (Å²) >= 11 is 2.36. The van der Waals surface area contributed by atoms with Crippen molar-refractivity contribution in [1.29, 1.82) is 0 Å². The van der Waals surface area contributed by atoms with Crippen molar-refractivity contribution in [2.45, 2.75) is 12.8 Å². The highest BCUT2D eigenvalue weighted by Crippen LogP contribution is 2.24. The van der Waals surface area contributed by atoms with Crippen molar-refractivity contribution in [2.24, 2.45) is 0 Å². The van der Waals surface area contributed by atoms with E-state index in [1.807, 2.05) is 0 Å². The minimum absolute atomic E-state index is 0.473.